The number of benzene rings is 2. The molecule has 2 aliphatic rings. The zero-order chi connectivity index (χ0) is 24.9. The van der Waals surface area contributed by atoms with Crippen LogP contribution >= 0.6 is 35.0 Å². The van der Waals surface area contributed by atoms with Gasteiger partial charge in [0, 0.05) is 65.3 Å². The molecule has 1 aromatic heterocycles. The SMILES string of the molecule is C=CC(=O)N1CCN(c2nc(=O)n3c4c(c(-c5ccc(F)cc5F)c(Cl)cc24)SCC3)[C@@H](CCl)C1. The largest absolute Gasteiger partial charge is 0.350 e. The van der Waals surface area contributed by atoms with Crippen LogP contribution in [-0.4, -0.2) is 57.7 Å². The first-order valence-electron chi connectivity index (χ1n) is 10.9. The third-order valence-electron chi connectivity index (χ3n) is 6.33. The first kappa shape index (κ1) is 24.1. The van der Waals surface area contributed by atoms with E-state index in [2.05, 4.69) is 11.6 Å². The van der Waals surface area contributed by atoms with Crippen molar-refractivity contribution in [2.45, 2.75) is 17.5 Å². The predicted molar refractivity (Wildman–Crippen MR) is 136 cm³/mol. The molecule has 5 rings (SSSR count). The molecule has 0 bridgehead atoms. The summed E-state index contributed by atoms with van der Waals surface area (Å²) in [6.45, 7) is 5.17. The van der Waals surface area contributed by atoms with E-state index in [4.69, 9.17) is 23.2 Å². The minimum absolute atomic E-state index is 0.162. The van der Waals surface area contributed by atoms with E-state index < -0.39 is 17.3 Å². The Labute approximate surface area is 214 Å². The van der Waals surface area contributed by atoms with Gasteiger partial charge in [0.25, 0.3) is 0 Å². The molecule has 2 aliphatic heterocycles. The fourth-order valence-corrected chi connectivity index (χ4v) is 6.53. The third kappa shape index (κ3) is 4.09. The van der Waals surface area contributed by atoms with Gasteiger partial charge < -0.3 is 9.80 Å². The summed E-state index contributed by atoms with van der Waals surface area (Å²) in [6.07, 6.45) is 1.27. The number of piperazine rings is 1. The topological polar surface area (TPSA) is 58.4 Å². The maximum absolute atomic E-state index is 14.8. The average Bonchev–Trinajstić information content (AvgIpc) is 2.86. The molecule has 182 valence electrons. The van der Waals surface area contributed by atoms with Crippen molar-refractivity contribution in [2.24, 2.45) is 0 Å². The van der Waals surface area contributed by atoms with Gasteiger partial charge in [0.2, 0.25) is 5.91 Å². The summed E-state index contributed by atoms with van der Waals surface area (Å²) in [5, 5.41) is 0.908. The van der Waals surface area contributed by atoms with Gasteiger partial charge in [-0.15, -0.1) is 23.4 Å². The lowest BCUT2D eigenvalue weighted by atomic mass is 10.0. The molecule has 0 saturated carbocycles. The van der Waals surface area contributed by atoms with Gasteiger partial charge in [-0.1, -0.05) is 18.2 Å². The Morgan fingerprint density at radius 3 is 2.77 bits per heavy atom. The highest BCUT2D eigenvalue weighted by Gasteiger charge is 2.33. The lowest BCUT2D eigenvalue weighted by molar-refractivity contribution is -0.126. The molecule has 1 atom stereocenters. The van der Waals surface area contributed by atoms with Gasteiger partial charge in [-0.2, -0.15) is 4.98 Å². The molecule has 3 heterocycles. The number of aryl methyl sites for hydroxylation is 1. The van der Waals surface area contributed by atoms with Gasteiger partial charge in [-0.25, -0.2) is 13.6 Å². The van der Waals surface area contributed by atoms with Crippen molar-refractivity contribution in [3.63, 3.8) is 0 Å². The molecule has 11 heteroatoms. The van der Waals surface area contributed by atoms with Crippen molar-refractivity contribution >= 4 is 57.6 Å². The second-order valence-electron chi connectivity index (χ2n) is 8.29. The predicted octanol–water partition coefficient (Wildman–Crippen LogP) is 4.54. The van der Waals surface area contributed by atoms with Crippen LogP contribution in [-0.2, 0) is 11.3 Å². The van der Waals surface area contributed by atoms with E-state index in [9.17, 15) is 18.4 Å². The molecule has 1 fully saturated rings. The fraction of sp³-hybridized carbons (Fsp3) is 0.292. The van der Waals surface area contributed by atoms with Crippen molar-refractivity contribution in [2.75, 3.05) is 36.2 Å². The Kier molecular flexibility index (Phi) is 6.50. The van der Waals surface area contributed by atoms with Crippen LogP contribution < -0.4 is 10.6 Å². The number of anilines is 1. The quantitative estimate of drug-likeness (QED) is 0.362. The minimum atomic E-state index is -0.734. The van der Waals surface area contributed by atoms with Gasteiger partial charge in [0.15, 0.2) is 0 Å². The molecule has 0 radical (unpaired) electrons. The third-order valence-corrected chi connectivity index (χ3v) is 8.06. The van der Waals surface area contributed by atoms with E-state index in [1.54, 1.807) is 15.5 Å². The zero-order valence-electron chi connectivity index (χ0n) is 18.4. The average molecular weight is 537 g/mol. The van der Waals surface area contributed by atoms with Crippen molar-refractivity contribution in [3.05, 3.63) is 64.1 Å². The summed E-state index contributed by atoms with van der Waals surface area (Å²) in [5.41, 5.74) is 0.759. The monoisotopic (exact) mass is 536 g/mol. The molecule has 35 heavy (non-hydrogen) atoms. The van der Waals surface area contributed by atoms with E-state index in [-0.39, 0.29) is 28.4 Å². The second-order valence-corrected chi connectivity index (χ2v) is 10.1. The number of thioether (sulfide) groups is 1. The Morgan fingerprint density at radius 2 is 2.06 bits per heavy atom. The Balaban J connectivity index is 1.72. The highest BCUT2D eigenvalue weighted by Crippen LogP contribution is 2.46. The molecule has 0 unspecified atom stereocenters. The van der Waals surface area contributed by atoms with E-state index in [1.165, 1.54) is 30.0 Å². The normalized spacial score (nSPS) is 17.7. The van der Waals surface area contributed by atoms with Gasteiger partial charge >= 0.3 is 5.69 Å². The maximum Gasteiger partial charge on any atom is 0.350 e. The van der Waals surface area contributed by atoms with Gasteiger partial charge in [-0.3, -0.25) is 9.36 Å². The molecule has 0 N–H and O–H groups in total. The van der Waals surface area contributed by atoms with Crippen molar-refractivity contribution in [3.8, 4) is 11.1 Å². The summed E-state index contributed by atoms with van der Waals surface area (Å²) >= 11 is 14.5. The number of alkyl halides is 1. The number of hydrogen-bond donors (Lipinski definition) is 0. The van der Waals surface area contributed by atoms with Crippen LogP contribution in [0.3, 0.4) is 0 Å². The Morgan fingerprint density at radius 1 is 1.26 bits per heavy atom. The van der Waals surface area contributed by atoms with E-state index in [1.807, 2.05) is 4.90 Å². The molecule has 1 amide bonds. The number of aromatic nitrogens is 2. The molecule has 0 aliphatic carbocycles. The number of hydrogen-bond acceptors (Lipinski definition) is 5. The van der Waals surface area contributed by atoms with Crippen molar-refractivity contribution < 1.29 is 13.6 Å². The van der Waals surface area contributed by atoms with Crippen LogP contribution in [0.25, 0.3) is 22.0 Å². The van der Waals surface area contributed by atoms with Gasteiger partial charge in [0.1, 0.15) is 17.5 Å². The highest BCUT2D eigenvalue weighted by molar-refractivity contribution is 7.99. The standard InChI is InChI=1S/C24H20Cl2F2N4O2S/c1-2-19(33)30-5-6-31(14(11-25)12-30)23-16-10-17(26)20(15-4-3-13(27)9-18(15)28)22-21(16)32(7-8-35-22)24(34)29-23/h2-4,9-10,14H,1,5-8,11-12H2/t14-/m0/s1. The Bertz CT molecular complexity index is 1430. The van der Waals surface area contributed by atoms with Crippen LogP contribution in [0.5, 0.6) is 0 Å². The second kappa shape index (κ2) is 9.44. The van der Waals surface area contributed by atoms with Crippen molar-refractivity contribution in [1.82, 2.24) is 14.5 Å². The zero-order valence-corrected chi connectivity index (χ0v) is 20.8. The number of halogens is 4. The fourth-order valence-electron chi connectivity index (χ4n) is 4.71. The van der Waals surface area contributed by atoms with Crippen LogP contribution in [0.15, 0.2) is 46.6 Å². The summed E-state index contributed by atoms with van der Waals surface area (Å²) in [4.78, 5) is 33.9. The lowest BCUT2D eigenvalue weighted by Gasteiger charge is -2.41. The summed E-state index contributed by atoms with van der Waals surface area (Å²) < 4.78 is 29.9. The highest BCUT2D eigenvalue weighted by atomic mass is 35.5. The van der Waals surface area contributed by atoms with Crippen LogP contribution in [0.1, 0.15) is 0 Å². The molecule has 3 aromatic rings. The number of carbonyl (C=O) groups is 1. The Hall–Kier alpha value is -2.62. The van der Waals surface area contributed by atoms with E-state index in [0.717, 1.165) is 6.07 Å². The molecule has 6 nitrogen and oxygen atoms in total. The summed E-state index contributed by atoms with van der Waals surface area (Å²) in [5.74, 6) is -0.395. The lowest BCUT2D eigenvalue weighted by Crippen LogP contribution is -2.56. The van der Waals surface area contributed by atoms with Crippen LogP contribution in [0.2, 0.25) is 5.02 Å². The number of rotatable bonds is 4. The van der Waals surface area contributed by atoms with E-state index in [0.29, 0.717) is 59.1 Å². The number of carbonyl (C=O) groups excluding carboxylic acids is 1. The van der Waals surface area contributed by atoms with Crippen molar-refractivity contribution in [1.29, 1.82) is 0 Å². The number of nitrogens with zero attached hydrogens (tertiary/aromatic N) is 4. The first-order valence-corrected chi connectivity index (χ1v) is 12.8. The molecule has 2 aromatic carbocycles. The molecular formula is C24H20Cl2F2N4O2S. The minimum Gasteiger partial charge on any atom is -0.348 e. The molecular weight excluding hydrogens is 517 g/mol. The van der Waals surface area contributed by atoms with E-state index >= 15 is 0 Å². The van der Waals surface area contributed by atoms with Gasteiger partial charge in [-0.05, 0) is 24.3 Å². The smallest absolute Gasteiger partial charge is 0.348 e. The summed E-state index contributed by atoms with van der Waals surface area (Å²) in [6, 6.07) is 4.74. The maximum atomic E-state index is 14.8. The van der Waals surface area contributed by atoms with Crippen LogP contribution in [0, 0.1) is 11.6 Å². The van der Waals surface area contributed by atoms with Crippen LogP contribution in [0.4, 0.5) is 14.6 Å². The molecule has 1 saturated heterocycles. The molecule has 0 spiro atoms. The number of amides is 1. The first-order chi connectivity index (χ1) is 16.8. The van der Waals surface area contributed by atoms with Gasteiger partial charge in [0.05, 0.1) is 16.6 Å². The summed E-state index contributed by atoms with van der Waals surface area (Å²) in [7, 11) is 0.